The fraction of sp³-hybridized carbons (Fsp3) is 0.111. The molecule has 0 unspecified atom stereocenters. The molecule has 0 radical (unpaired) electrons. The molecule has 2 N–H and O–H groups in total. The Morgan fingerprint density at radius 1 is 1.07 bits per heavy atom. The Hall–Kier alpha value is -1.44. The average Bonchev–Trinajstić information content (AvgIpc) is 2.21. The zero-order valence-corrected chi connectivity index (χ0v) is 9.10. The van der Waals surface area contributed by atoms with Gasteiger partial charge in [-0.05, 0) is 17.7 Å². The summed E-state index contributed by atoms with van der Waals surface area (Å²) in [6.07, 6.45) is 1.50. The van der Waals surface area contributed by atoms with Gasteiger partial charge < -0.3 is 0 Å². The zero-order chi connectivity index (χ0) is 12.1. The summed E-state index contributed by atoms with van der Waals surface area (Å²) in [5.41, 5.74) is 1.10. The average molecular weight is 247 g/mol. The predicted molar refractivity (Wildman–Crippen MR) is 57.8 cm³/mol. The molecule has 0 fully saturated rings. The van der Waals surface area contributed by atoms with E-state index in [9.17, 15) is 0 Å². The second-order valence-electron chi connectivity index (χ2n) is 1.96. The smallest absolute Gasteiger partial charge is 0.222 e. The minimum Gasteiger partial charge on any atom is -0.222 e. The number of benzene rings is 1. The van der Waals surface area contributed by atoms with Crippen LogP contribution in [0.15, 0.2) is 24.3 Å². The third-order valence-electron chi connectivity index (χ3n) is 1.07. The van der Waals surface area contributed by atoms with E-state index < -0.39 is 0 Å². The quantitative estimate of drug-likeness (QED) is 0.454. The number of halogens is 2. The maximum atomic E-state index is 8.35. The normalized spacial score (nSPS) is 6.80. The molecule has 1 aromatic rings. The van der Waals surface area contributed by atoms with Crippen molar-refractivity contribution in [2.45, 2.75) is 5.88 Å². The van der Waals surface area contributed by atoms with Crippen LogP contribution in [0.4, 0.5) is 0 Å². The van der Waals surface area contributed by atoms with Crippen LogP contribution < -0.4 is 0 Å². The van der Waals surface area contributed by atoms with Crippen LogP contribution in [-0.4, -0.2) is 12.2 Å². The number of rotatable bonds is 1. The molecule has 4 nitrogen and oxygen atoms in total. The Balaban J connectivity index is 0. The first-order valence-electron chi connectivity index (χ1n) is 3.54. The molecule has 0 atom stereocenters. The molecule has 0 aliphatic heterocycles. The first kappa shape index (κ1) is 16.0. The molecule has 15 heavy (non-hydrogen) atoms. The van der Waals surface area contributed by atoms with Crippen LogP contribution in [0.5, 0.6) is 0 Å². The summed E-state index contributed by atoms with van der Waals surface area (Å²) in [4.78, 5) is 16.7. The number of nitrogens with one attached hydrogen (secondary N) is 2. The molecule has 0 saturated heterocycles. The monoisotopic (exact) mass is 246 g/mol. The highest BCUT2D eigenvalue weighted by Crippen LogP contribution is 2.10. The molecule has 0 bridgehead atoms. The lowest BCUT2D eigenvalue weighted by atomic mass is 10.2. The predicted octanol–water partition coefficient (Wildman–Crippen LogP) is 2.88. The molecular formula is C9H8Cl2N2O2. The third-order valence-corrected chi connectivity index (χ3v) is 1.63. The van der Waals surface area contributed by atoms with Gasteiger partial charge in [-0.3, -0.25) is 0 Å². The Morgan fingerprint density at radius 3 is 1.67 bits per heavy atom. The van der Waals surface area contributed by atoms with E-state index in [-0.39, 0.29) is 0 Å². The van der Waals surface area contributed by atoms with Gasteiger partial charge in [0.05, 0.1) is 0 Å². The van der Waals surface area contributed by atoms with E-state index in [1.54, 1.807) is 0 Å². The molecule has 0 saturated carbocycles. The van der Waals surface area contributed by atoms with E-state index in [1.807, 2.05) is 24.3 Å². The van der Waals surface area contributed by atoms with Crippen molar-refractivity contribution >= 4 is 35.4 Å². The van der Waals surface area contributed by atoms with Crippen molar-refractivity contribution in [1.29, 1.82) is 10.8 Å². The van der Waals surface area contributed by atoms with Gasteiger partial charge in [0.1, 0.15) is 0 Å². The van der Waals surface area contributed by atoms with Crippen molar-refractivity contribution < 1.29 is 9.59 Å². The number of carbonyl (C=O) groups excluding carboxylic acids is 2. The number of hydrogen-bond donors (Lipinski definition) is 2. The lowest BCUT2D eigenvalue weighted by Crippen LogP contribution is -1.73. The molecule has 80 valence electrons. The minimum atomic E-state index is 0.553. The van der Waals surface area contributed by atoms with Crippen LogP contribution in [0.25, 0.3) is 0 Å². The molecule has 0 aliphatic carbocycles. The highest BCUT2D eigenvalue weighted by molar-refractivity contribution is 6.30. The molecule has 0 amide bonds. The van der Waals surface area contributed by atoms with E-state index in [2.05, 4.69) is 0 Å². The number of isocyanates is 2. The SMILES string of the molecule is ClCc1ccc(Cl)cc1.N=C=O.N=C=O. The highest BCUT2D eigenvalue weighted by Gasteiger charge is 1.87. The van der Waals surface area contributed by atoms with Crippen molar-refractivity contribution in [3.8, 4) is 0 Å². The van der Waals surface area contributed by atoms with Crippen LogP contribution in [0.3, 0.4) is 0 Å². The second kappa shape index (κ2) is 12.6. The standard InChI is InChI=1S/C7H6Cl2.2CHNO/c8-5-6-1-3-7(9)4-2-6;2*2-1-3/h1-4H,5H2;2*2H. The van der Waals surface area contributed by atoms with Crippen LogP contribution in [0.2, 0.25) is 5.02 Å². The van der Waals surface area contributed by atoms with Gasteiger partial charge >= 0.3 is 0 Å². The number of alkyl halides is 1. The van der Waals surface area contributed by atoms with Gasteiger partial charge in [0, 0.05) is 10.9 Å². The van der Waals surface area contributed by atoms with E-state index in [0.29, 0.717) is 5.88 Å². The van der Waals surface area contributed by atoms with E-state index in [4.69, 9.17) is 43.6 Å². The molecule has 0 spiro atoms. The van der Waals surface area contributed by atoms with E-state index >= 15 is 0 Å². The number of hydrogen-bond acceptors (Lipinski definition) is 4. The van der Waals surface area contributed by atoms with Crippen LogP contribution in [0.1, 0.15) is 5.56 Å². The molecule has 0 aliphatic rings. The van der Waals surface area contributed by atoms with Gasteiger partial charge in [-0.25, -0.2) is 20.4 Å². The summed E-state index contributed by atoms with van der Waals surface area (Å²) in [6, 6.07) is 7.49. The van der Waals surface area contributed by atoms with E-state index in [0.717, 1.165) is 22.7 Å². The van der Waals surface area contributed by atoms with Gasteiger partial charge in [-0.15, -0.1) is 11.6 Å². The van der Waals surface area contributed by atoms with Crippen LogP contribution >= 0.6 is 23.2 Å². The largest absolute Gasteiger partial charge is 0.231 e. The summed E-state index contributed by atoms with van der Waals surface area (Å²) in [5.74, 6) is 0.553. The molecule has 6 heteroatoms. The molecular weight excluding hydrogens is 239 g/mol. The van der Waals surface area contributed by atoms with Gasteiger partial charge in [-0.1, -0.05) is 23.7 Å². The molecule has 1 aromatic carbocycles. The highest BCUT2D eigenvalue weighted by atomic mass is 35.5. The van der Waals surface area contributed by atoms with E-state index in [1.165, 1.54) is 0 Å². The van der Waals surface area contributed by atoms with Gasteiger partial charge in [0.2, 0.25) is 12.2 Å². The fourth-order valence-electron chi connectivity index (χ4n) is 0.573. The first-order chi connectivity index (χ1) is 7.15. The lowest BCUT2D eigenvalue weighted by Gasteiger charge is -1.91. The Bertz CT molecular complexity index is 314. The second-order valence-corrected chi connectivity index (χ2v) is 2.67. The molecule has 0 aromatic heterocycles. The summed E-state index contributed by atoms with van der Waals surface area (Å²) in [6.45, 7) is 0. The molecule has 1 rings (SSSR count). The Kier molecular flexibility index (Phi) is 13.4. The Morgan fingerprint density at radius 2 is 1.40 bits per heavy atom. The maximum Gasteiger partial charge on any atom is 0.231 e. The minimum absolute atomic E-state index is 0.553. The Labute approximate surface area is 96.8 Å². The van der Waals surface area contributed by atoms with Crippen LogP contribution in [-0.2, 0) is 15.5 Å². The molecule has 0 heterocycles. The summed E-state index contributed by atoms with van der Waals surface area (Å²) in [7, 11) is 0. The summed E-state index contributed by atoms with van der Waals surface area (Å²) in [5, 5.41) is 11.6. The van der Waals surface area contributed by atoms with Crippen LogP contribution in [0, 0.1) is 10.8 Å². The first-order valence-corrected chi connectivity index (χ1v) is 4.45. The van der Waals surface area contributed by atoms with Crippen molar-refractivity contribution in [2.75, 3.05) is 0 Å². The van der Waals surface area contributed by atoms with Gasteiger partial charge in [0.15, 0.2) is 0 Å². The fourth-order valence-corrected chi connectivity index (χ4v) is 0.878. The summed E-state index contributed by atoms with van der Waals surface area (Å²) >= 11 is 11.2. The topological polar surface area (TPSA) is 81.8 Å². The third kappa shape index (κ3) is 12.6. The van der Waals surface area contributed by atoms with Crippen molar-refractivity contribution in [2.24, 2.45) is 0 Å². The van der Waals surface area contributed by atoms with Crippen molar-refractivity contribution in [1.82, 2.24) is 0 Å². The van der Waals surface area contributed by atoms with Crippen molar-refractivity contribution in [3.63, 3.8) is 0 Å². The summed E-state index contributed by atoms with van der Waals surface area (Å²) < 4.78 is 0. The lowest BCUT2D eigenvalue weighted by molar-refractivity contribution is 0.562. The zero-order valence-electron chi connectivity index (χ0n) is 7.59. The van der Waals surface area contributed by atoms with Gasteiger partial charge in [-0.2, -0.15) is 0 Å². The van der Waals surface area contributed by atoms with Crippen molar-refractivity contribution in [3.05, 3.63) is 34.9 Å². The maximum absolute atomic E-state index is 8.35. The van der Waals surface area contributed by atoms with Gasteiger partial charge in [0.25, 0.3) is 0 Å².